The average Bonchev–Trinajstić information content (AvgIpc) is 2.84. The third-order valence-corrected chi connectivity index (χ3v) is 7.14. The molecule has 1 fully saturated rings. The minimum Gasteiger partial charge on any atom is -0.374 e. The van der Waals surface area contributed by atoms with Gasteiger partial charge in [0.05, 0.1) is 0 Å². The van der Waals surface area contributed by atoms with E-state index < -0.39 is 0 Å². The lowest BCUT2D eigenvalue weighted by Gasteiger charge is -2.33. The van der Waals surface area contributed by atoms with E-state index in [-0.39, 0.29) is 5.91 Å². The summed E-state index contributed by atoms with van der Waals surface area (Å²) in [7, 11) is 2.13. The van der Waals surface area contributed by atoms with Gasteiger partial charge in [0.25, 0.3) is 5.91 Å². The Morgan fingerprint density at radius 2 is 1.94 bits per heavy atom. The Morgan fingerprint density at radius 1 is 1.03 bits per heavy atom. The summed E-state index contributed by atoms with van der Waals surface area (Å²) in [6, 6.07) is 19.3. The first-order chi connectivity index (χ1) is 16.1. The van der Waals surface area contributed by atoms with Gasteiger partial charge in [-0.1, -0.05) is 35.9 Å². The van der Waals surface area contributed by atoms with Crippen molar-refractivity contribution in [3.05, 3.63) is 94.3 Å². The number of likely N-dealkylation sites (tertiary alicyclic amines) is 1. The second kappa shape index (κ2) is 9.38. The zero-order chi connectivity index (χ0) is 22.8. The summed E-state index contributed by atoms with van der Waals surface area (Å²) in [6.45, 7) is 4.80. The highest BCUT2D eigenvalue weighted by atomic mass is 16.2. The monoisotopic (exact) mass is 439 g/mol. The first-order valence-corrected chi connectivity index (χ1v) is 12.2. The third kappa shape index (κ3) is 4.80. The Kier molecular flexibility index (Phi) is 6.17. The van der Waals surface area contributed by atoms with Gasteiger partial charge in [-0.05, 0) is 80.0 Å². The molecule has 0 radical (unpaired) electrons. The number of hydrogen-bond acceptors (Lipinski definition) is 3. The third-order valence-electron chi connectivity index (χ3n) is 7.14. The number of aromatic nitrogens is 1. The Labute approximate surface area is 197 Å². The summed E-state index contributed by atoms with van der Waals surface area (Å²) in [4.78, 5) is 22.5. The fourth-order valence-electron chi connectivity index (χ4n) is 5.34. The number of fused-ring (bicyclic) bond motifs is 1. The van der Waals surface area contributed by atoms with Gasteiger partial charge in [0.2, 0.25) is 0 Å². The molecule has 0 aliphatic carbocycles. The van der Waals surface area contributed by atoms with E-state index in [4.69, 9.17) is 4.98 Å². The number of nitrogens with zero attached hydrogens (tertiary/aromatic N) is 3. The molecule has 170 valence electrons. The number of piperidine rings is 1. The standard InChI is InChI=1S/C29H33N3O/c1-21-6-3-7-22(16-21)17-23-10-12-27(30-19-23)26-9-5-15-32(20-26)29(33)25-11-13-28-24(18-25)8-4-14-31(28)2/h3,6-7,10-13,16,18-19,26H,4-5,8-9,14-15,17,20H2,1-2H3. The first kappa shape index (κ1) is 21.7. The summed E-state index contributed by atoms with van der Waals surface area (Å²) in [5, 5.41) is 0. The molecule has 3 heterocycles. The minimum atomic E-state index is 0.159. The van der Waals surface area contributed by atoms with E-state index in [0.29, 0.717) is 5.92 Å². The summed E-state index contributed by atoms with van der Waals surface area (Å²) < 4.78 is 0. The Hall–Kier alpha value is -3.14. The van der Waals surface area contributed by atoms with Crippen LogP contribution in [0.4, 0.5) is 5.69 Å². The fraction of sp³-hybridized carbons (Fsp3) is 0.379. The van der Waals surface area contributed by atoms with Crippen molar-refractivity contribution in [2.45, 2.75) is 44.9 Å². The number of carbonyl (C=O) groups is 1. The Bertz CT molecular complexity index is 1140. The van der Waals surface area contributed by atoms with Crippen LogP contribution in [0.5, 0.6) is 0 Å². The number of rotatable bonds is 4. The highest BCUT2D eigenvalue weighted by molar-refractivity contribution is 5.95. The molecule has 1 unspecified atom stereocenters. The molecule has 1 aromatic heterocycles. The van der Waals surface area contributed by atoms with E-state index in [0.717, 1.165) is 63.0 Å². The molecule has 2 aromatic carbocycles. The molecule has 33 heavy (non-hydrogen) atoms. The van der Waals surface area contributed by atoms with Crippen molar-refractivity contribution in [3.8, 4) is 0 Å². The largest absolute Gasteiger partial charge is 0.374 e. The van der Waals surface area contributed by atoms with Crippen LogP contribution in [0.3, 0.4) is 0 Å². The number of aryl methyl sites for hydroxylation is 2. The zero-order valence-electron chi connectivity index (χ0n) is 19.8. The normalized spacial score (nSPS) is 18.2. The molecule has 5 rings (SSSR count). The molecule has 0 spiro atoms. The Balaban J connectivity index is 1.26. The van der Waals surface area contributed by atoms with E-state index in [9.17, 15) is 4.79 Å². The van der Waals surface area contributed by atoms with E-state index in [1.807, 2.05) is 17.2 Å². The van der Waals surface area contributed by atoms with Crippen LogP contribution in [0, 0.1) is 6.92 Å². The van der Waals surface area contributed by atoms with Crippen molar-refractivity contribution in [3.63, 3.8) is 0 Å². The van der Waals surface area contributed by atoms with Gasteiger partial charge in [0.15, 0.2) is 0 Å². The molecule has 2 aliphatic heterocycles. The molecule has 1 amide bonds. The average molecular weight is 440 g/mol. The molecule has 2 aliphatic rings. The molecule has 1 saturated heterocycles. The Morgan fingerprint density at radius 3 is 2.76 bits per heavy atom. The number of benzene rings is 2. The van der Waals surface area contributed by atoms with Gasteiger partial charge in [-0.15, -0.1) is 0 Å². The summed E-state index contributed by atoms with van der Waals surface area (Å²) in [5.41, 5.74) is 8.33. The van der Waals surface area contributed by atoms with Gasteiger partial charge in [0, 0.05) is 55.7 Å². The van der Waals surface area contributed by atoms with Gasteiger partial charge < -0.3 is 9.80 Å². The molecule has 0 bridgehead atoms. The maximum Gasteiger partial charge on any atom is 0.253 e. The van der Waals surface area contributed by atoms with E-state index in [2.05, 4.69) is 67.4 Å². The van der Waals surface area contributed by atoms with Crippen molar-refractivity contribution in [1.29, 1.82) is 0 Å². The minimum absolute atomic E-state index is 0.159. The van der Waals surface area contributed by atoms with Gasteiger partial charge in [-0.2, -0.15) is 0 Å². The molecule has 0 saturated carbocycles. The van der Waals surface area contributed by atoms with Crippen LogP contribution >= 0.6 is 0 Å². The molecule has 1 atom stereocenters. The fourth-order valence-corrected chi connectivity index (χ4v) is 5.34. The van der Waals surface area contributed by atoms with Crippen LogP contribution in [0.1, 0.15) is 63.5 Å². The second-order valence-corrected chi connectivity index (χ2v) is 9.72. The quantitative estimate of drug-likeness (QED) is 0.547. The number of carbonyl (C=O) groups excluding carboxylic acids is 1. The van der Waals surface area contributed by atoms with Gasteiger partial charge in [-0.25, -0.2) is 0 Å². The van der Waals surface area contributed by atoms with Crippen LogP contribution in [-0.2, 0) is 12.8 Å². The predicted octanol–water partition coefficient (Wildman–Crippen LogP) is 5.38. The summed E-state index contributed by atoms with van der Waals surface area (Å²) >= 11 is 0. The smallest absolute Gasteiger partial charge is 0.253 e. The number of anilines is 1. The number of amides is 1. The summed E-state index contributed by atoms with van der Waals surface area (Å²) in [6.07, 6.45) is 7.23. The summed E-state index contributed by atoms with van der Waals surface area (Å²) in [5.74, 6) is 0.464. The van der Waals surface area contributed by atoms with Gasteiger partial charge >= 0.3 is 0 Å². The molecule has 4 nitrogen and oxygen atoms in total. The van der Waals surface area contributed by atoms with Crippen molar-refractivity contribution in [1.82, 2.24) is 9.88 Å². The molecule has 0 N–H and O–H groups in total. The number of hydrogen-bond donors (Lipinski definition) is 0. The van der Waals surface area contributed by atoms with Crippen LogP contribution in [0.15, 0.2) is 60.8 Å². The molecule has 4 heteroatoms. The number of pyridine rings is 1. The zero-order valence-corrected chi connectivity index (χ0v) is 19.8. The lowest BCUT2D eigenvalue weighted by Crippen LogP contribution is -2.39. The van der Waals surface area contributed by atoms with Crippen LogP contribution in [-0.4, -0.2) is 42.5 Å². The van der Waals surface area contributed by atoms with Gasteiger partial charge in [-0.3, -0.25) is 9.78 Å². The SMILES string of the molecule is Cc1cccc(Cc2ccc(C3CCCN(C(=O)c4ccc5c(c4)CCCN5C)C3)nc2)c1. The molecule has 3 aromatic rings. The van der Waals surface area contributed by atoms with Gasteiger partial charge in [0.1, 0.15) is 0 Å². The first-order valence-electron chi connectivity index (χ1n) is 12.2. The maximum absolute atomic E-state index is 13.3. The van der Waals surface area contributed by atoms with E-state index in [1.54, 1.807) is 0 Å². The van der Waals surface area contributed by atoms with E-state index >= 15 is 0 Å². The maximum atomic E-state index is 13.3. The highest BCUT2D eigenvalue weighted by Gasteiger charge is 2.27. The van der Waals surface area contributed by atoms with Crippen LogP contribution in [0.25, 0.3) is 0 Å². The van der Waals surface area contributed by atoms with E-state index in [1.165, 1.54) is 27.9 Å². The van der Waals surface area contributed by atoms with Crippen molar-refractivity contribution in [2.24, 2.45) is 0 Å². The second-order valence-electron chi connectivity index (χ2n) is 9.72. The van der Waals surface area contributed by atoms with Crippen LogP contribution < -0.4 is 4.90 Å². The van der Waals surface area contributed by atoms with Crippen molar-refractivity contribution >= 4 is 11.6 Å². The lowest BCUT2D eigenvalue weighted by molar-refractivity contribution is 0.0706. The van der Waals surface area contributed by atoms with Crippen molar-refractivity contribution < 1.29 is 4.79 Å². The topological polar surface area (TPSA) is 36.4 Å². The predicted molar refractivity (Wildman–Crippen MR) is 134 cm³/mol. The van der Waals surface area contributed by atoms with Crippen LogP contribution in [0.2, 0.25) is 0 Å². The van der Waals surface area contributed by atoms with Crippen molar-refractivity contribution in [2.75, 3.05) is 31.6 Å². The molecular weight excluding hydrogens is 406 g/mol. The molecular formula is C29H33N3O. The lowest BCUT2D eigenvalue weighted by atomic mass is 9.92. The highest BCUT2D eigenvalue weighted by Crippen LogP contribution is 2.30.